The van der Waals surface area contributed by atoms with Gasteiger partial charge in [-0.1, -0.05) is 45.4 Å². The van der Waals surface area contributed by atoms with E-state index in [1.54, 1.807) is 19.9 Å². The van der Waals surface area contributed by atoms with Crippen molar-refractivity contribution in [2.24, 2.45) is 27.6 Å². The van der Waals surface area contributed by atoms with Gasteiger partial charge in [0.15, 0.2) is 5.76 Å². The monoisotopic (exact) mass is 537 g/mol. The van der Waals surface area contributed by atoms with E-state index in [0.717, 1.165) is 56.1 Å². The molecule has 3 saturated carbocycles. The zero-order valence-electron chi connectivity index (χ0n) is 25.1. The Labute approximate surface area is 233 Å². The Kier molecular flexibility index (Phi) is 6.20. The molecule has 0 aromatic heterocycles. The normalized spacial score (nSPS) is 41.7. The van der Waals surface area contributed by atoms with Crippen molar-refractivity contribution in [3.05, 3.63) is 46.3 Å². The number of ketones is 1. The lowest BCUT2D eigenvalue weighted by atomic mass is 9.35. The van der Waals surface area contributed by atoms with Crippen molar-refractivity contribution in [2.45, 2.75) is 111 Å². The van der Waals surface area contributed by atoms with Gasteiger partial charge in [-0.25, -0.2) is 4.79 Å². The Hall–Kier alpha value is -2.34. The maximum atomic E-state index is 12.9. The summed E-state index contributed by atoms with van der Waals surface area (Å²) in [6.45, 7) is 16.9. The molecule has 0 saturated heterocycles. The predicted octanol–water partition coefficient (Wildman–Crippen LogP) is 6.86. The average Bonchev–Trinajstić information content (AvgIpc) is 2.85. The molecule has 0 aromatic rings. The smallest absolute Gasteiger partial charge is 0.408 e. The second-order valence-electron chi connectivity index (χ2n) is 15.0. The summed E-state index contributed by atoms with van der Waals surface area (Å²) >= 11 is 0. The second-order valence-corrected chi connectivity index (χ2v) is 15.0. The number of allylic oxidation sites excluding steroid dienone is 7. The number of hydrogen-bond donors (Lipinski definition) is 3. The quantitative estimate of drug-likeness (QED) is 0.365. The predicted molar refractivity (Wildman–Crippen MR) is 152 cm³/mol. The molecule has 5 aliphatic carbocycles. The molecule has 5 aliphatic rings. The highest BCUT2D eigenvalue weighted by Gasteiger charge is 2.66. The number of rotatable bonds is 3. The number of carbonyl (C=O) groups excluding carboxylic acids is 2. The van der Waals surface area contributed by atoms with Crippen molar-refractivity contribution >= 4 is 11.9 Å². The zero-order chi connectivity index (χ0) is 28.8. The van der Waals surface area contributed by atoms with Gasteiger partial charge >= 0.3 is 6.09 Å². The largest absolute Gasteiger partial charge is 0.504 e. The van der Waals surface area contributed by atoms with Crippen LogP contribution >= 0.6 is 0 Å². The first kappa shape index (κ1) is 28.2. The van der Waals surface area contributed by atoms with Crippen LogP contribution in [0.5, 0.6) is 0 Å². The maximum absolute atomic E-state index is 12.9. The van der Waals surface area contributed by atoms with Crippen LogP contribution in [0.4, 0.5) is 4.79 Å². The van der Waals surface area contributed by atoms with Crippen LogP contribution in [-0.4, -0.2) is 39.8 Å². The van der Waals surface area contributed by atoms with E-state index in [1.807, 2.05) is 6.92 Å². The Balaban J connectivity index is 1.51. The molecule has 0 spiro atoms. The van der Waals surface area contributed by atoms with E-state index in [0.29, 0.717) is 11.5 Å². The minimum Gasteiger partial charge on any atom is -0.504 e. The molecule has 0 unspecified atom stereocenters. The van der Waals surface area contributed by atoms with Crippen LogP contribution in [0.3, 0.4) is 0 Å². The van der Waals surface area contributed by atoms with Crippen molar-refractivity contribution in [1.29, 1.82) is 0 Å². The molecular weight excluding hydrogens is 490 g/mol. The average molecular weight is 538 g/mol. The minimum absolute atomic E-state index is 0.0145. The summed E-state index contributed by atoms with van der Waals surface area (Å²) in [7, 11) is 0. The first-order valence-electron chi connectivity index (χ1n) is 14.7. The number of nitrogens with one attached hydrogen (secondary N) is 1. The molecule has 0 heterocycles. The van der Waals surface area contributed by atoms with E-state index in [2.05, 4.69) is 52.1 Å². The van der Waals surface area contributed by atoms with Crippen molar-refractivity contribution in [3.63, 3.8) is 0 Å². The molecule has 5 rings (SSSR count). The van der Waals surface area contributed by atoms with Gasteiger partial charge in [0.05, 0.1) is 6.61 Å². The van der Waals surface area contributed by atoms with Crippen LogP contribution in [0.25, 0.3) is 0 Å². The molecule has 6 atom stereocenters. The highest BCUT2D eigenvalue weighted by atomic mass is 16.6. The van der Waals surface area contributed by atoms with E-state index in [9.17, 15) is 19.8 Å². The minimum atomic E-state index is -0.924. The van der Waals surface area contributed by atoms with Crippen LogP contribution < -0.4 is 5.32 Å². The van der Waals surface area contributed by atoms with Crippen LogP contribution in [0.15, 0.2) is 46.3 Å². The van der Waals surface area contributed by atoms with Crippen molar-refractivity contribution in [1.82, 2.24) is 5.32 Å². The number of hydrogen-bond acceptors (Lipinski definition) is 5. The fraction of sp³-hybridized carbons (Fsp3) is 0.697. The van der Waals surface area contributed by atoms with E-state index in [1.165, 1.54) is 5.57 Å². The summed E-state index contributed by atoms with van der Waals surface area (Å²) in [5.74, 6) is -0.0278. The molecule has 214 valence electrons. The van der Waals surface area contributed by atoms with Crippen LogP contribution in [0.2, 0.25) is 0 Å². The molecule has 6 nitrogen and oxygen atoms in total. The highest BCUT2D eigenvalue weighted by Crippen LogP contribution is 2.75. The second kappa shape index (κ2) is 8.58. The van der Waals surface area contributed by atoms with Crippen molar-refractivity contribution in [2.75, 3.05) is 6.61 Å². The number of alkyl carbamates (subject to hydrolysis) is 1. The molecule has 0 bridgehead atoms. The maximum Gasteiger partial charge on any atom is 0.408 e. The Morgan fingerprint density at radius 2 is 1.72 bits per heavy atom. The number of carbonyl (C=O) groups is 2. The summed E-state index contributed by atoms with van der Waals surface area (Å²) in [6, 6.07) is 0. The third kappa shape index (κ3) is 3.99. The van der Waals surface area contributed by atoms with Gasteiger partial charge in [0.2, 0.25) is 5.78 Å². The Bertz CT molecular complexity index is 1250. The van der Waals surface area contributed by atoms with Crippen LogP contribution in [-0.2, 0) is 9.53 Å². The van der Waals surface area contributed by atoms with Gasteiger partial charge in [0.25, 0.3) is 0 Å². The fourth-order valence-corrected chi connectivity index (χ4v) is 9.13. The van der Waals surface area contributed by atoms with Gasteiger partial charge in [-0.15, -0.1) is 0 Å². The standard InChI is InChI=1S/C33H47NO5/c1-20-21-9-10-24-31(6,22(21)17-23(36)26(20)37)14-16-33(8)25-18-30(5,34-27(38)39-28(2,3)19-35)13-11-29(25,4)12-15-32(24,33)7/h9-10,17,25,35,37H,11-16,18-19H2,1-8H3,(H,34,38)/t25-,29-,30-,31+,32-,33+/m1/s1. The Morgan fingerprint density at radius 1 is 1.05 bits per heavy atom. The lowest BCUT2D eigenvalue weighted by molar-refractivity contribution is -0.153. The van der Waals surface area contributed by atoms with E-state index in [4.69, 9.17) is 4.74 Å². The van der Waals surface area contributed by atoms with E-state index >= 15 is 0 Å². The molecule has 6 heteroatoms. The third-order valence-corrected chi connectivity index (χ3v) is 12.0. The number of aliphatic hydroxyl groups is 2. The number of fused-ring (bicyclic) bond motifs is 7. The highest BCUT2D eigenvalue weighted by molar-refractivity contribution is 6.06. The molecular formula is C33H47NO5. The number of amides is 1. The van der Waals surface area contributed by atoms with Crippen LogP contribution in [0.1, 0.15) is 100 Å². The molecule has 3 N–H and O–H groups in total. The molecule has 0 aliphatic heterocycles. The summed E-state index contributed by atoms with van der Waals surface area (Å²) in [5, 5.41) is 23.1. The SMILES string of the molecule is CC1=C(O)C(=O)C=C2C1=CC=C1[C@@]2(C)CC[C@@]2(C)[C@@H]3C[C@](C)(NC(=O)OC(C)(C)CO)CC[C@]3(C)CC[C@]12C. The van der Waals surface area contributed by atoms with Crippen LogP contribution in [0, 0.1) is 27.6 Å². The molecule has 39 heavy (non-hydrogen) atoms. The first-order chi connectivity index (χ1) is 17.9. The first-order valence-corrected chi connectivity index (χ1v) is 14.7. The fourth-order valence-electron chi connectivity index (χ4n) is 9.13. The molecule has 0 radical (unpaired) electrons. The lowest BCUT2D eigenvalue weighted by Gasteiger charge is -2.70. The summed E-state index contributed by atoms with van der Waals surface area (Å²) in [6.07, 6.45) is 12.7. The molecule has 3 fully saturated rings. The molecule has 1 amide bonds. The van der Waals surface area contributed by atoms with Gasteiger partial charge in [-0.2, -0.15) is 0 Å². The summed E-state index contributed by atoms with van der Waals surface area (Å²) < 4.78 is 5.56. The van der Waals surface area contributed by atoms with E-state index < -0.39 is 11.7 Å². The van der Waals surface area contributed by atoms with Gasteiger partial charge in [0.1, 0.15) is 5.60 Å². The van der Waals surface area contributed by atoms with E-state index in [-0.39, 0.29) is 45.3 Å². The van der Waals surface area contributed by atoms with Crippen molar-refractivity contribution < 1.29 is 24.5 Å². The van der Waals surface area contributed by atoms with Gasteiger partial charge in [0, 0.05) is 16.5 Å². The third-order valence-electron chi connectivity index (χ3n) is 12.0. The lowest BCUT2D eigenvalue weighted by Crippen LogP contribution is -2.64. The summed E-state index contributed by atoms with van der Waals surface area (Å²) in [5.41, 5.74) is 2.71. The topological polar surface area (TPSA) is 95.9 Å². The van der Waals surface area contributed by atoms with Gasteiger partial charge in [-0.3, -0.25) is 4.79 Å². The number of aliphatic hydroxyl groups excluding tert-OH is 2. The Morgan fingerprint density at radius 3 is 2.38 bits per heavy atom. The summed E-state index contributed by atoms with van der Waals surface area (Å²) in [4.78, 5) is 25.6. The molecule has 0 aromatic carbocycles. The van der Waals surface area contributed by atoms with Gasteiger partial charge in [-0.05, 0) is 112 Å². The zero-order valence-corrected chi connectivity index (χ0v) is 25.1. The van der Waals surface area contributed by atoms with Gasteiger partial charge < -0.3 is 20.3 Å². The van der Waals surface area contributed by atoms with Crippen molar-refractivity contribution in [3.8, 4) is 0 Å². The number of ether oxygens (including phenoxy) is 1.